The van der Waals surface area contributed by atoms with Crippen LogP contribution in [0.2, 0.25) is 0 Å². The van der Waals surface area contributed by atoms with E-state index in [1.807, 2.05) is 42.0 Å². The second-order valence-electron chi connectivity index (χ2n) is 9.07. The minimum absolute atomic E-state index is 0.310. The summed E-state index contributed by atoms with van der Waals surface area (Å²) >= 11 is 0. The zero-order chi connectivity index (χ0) is 22.2. The van der Waals surface area contributed by atoms with Crippen LogP contribution in [0.3, 0.4) is 0 Å². The molecule has 1 fully saturated rings. The Bertz CT molecular complexity index is 1190. The topological polar surface area (TPSA) is 72.9 Å². The van der Waals surface area contributed by atoms with E-state index >= 15 is 0 Å². The van der Waals surface area contributed by atoms with Crippen LogP contribution in [0.4, 0.5) is 5.95 Å². The highest BCUT2D eigenvalue weighted by atomic mass is 15.3. The number of aromatic nitrogens is 6. The van der Waals surface area contributed by atoms with Gasteiger partial charge in [0.1, 0.15) is 11.3 Å². The second-order valence-corrected chi connectivity index (χ2v) is 9.07. The molecular weight excluding hydrogens is 386 g/mol. The van der Waals surface area contributed by atoms with Gasteiger partial charge in [-0.05, 0) is 57.2 Å². The summed E-state index contributed by atoms with van der Waals surface area (Å²) in [7, 11) is 1.80. The normalized spacial score (nSPS) is 15.1. The highest BCUT2D eigenvalue weighted by molar-refractivity contribution is 5.82. The minimum Gasteiger partial charge on any atom is -0.356 e. The largest absolute Gasteiger partial charge is 0.356 e. The number of hydrogen-bond acceptors (Lipinski definition) is 5. The van der Waals surface area contributed by atoms with Gasteiger partial charge in [0.2, 0.25) is 5.95 Å². The quantitative estimate of drug-likeness (QED) is 0.462. The minimum atomic E-state index is 0.310. The summed E-state index contributed by atoms with van der Waals surface area (Å²) in [5.41, 5.74) is 5.42. The Morgan fingerprint density at radius 2 is 1.94 bits per heavy atom. The standard InChI is InChI=1S/C17H19N7.C7H14/c1-10(2)24-11(3)20-14-6-5-13(21-16(14)24)12-7-8-23-15(12)9-19-17(18-4)22-23;1-3-7(2)5-4-6-7/h5-10H,1-4H3,(H,18,22);3-6H2,1-2H3. The number of nitrogens with one attached hydrogen (secondary N) is 1. The van der Waals surface area contributed by atoms with Crippen molar-refractivity contribution in [1.29, 1.82) is 0 Å². The van der Waals surface area contributed by atoms with Crippen molar-refractivity contribution in [3.8, 4) is 11.3 Å². The molecule has 0 unspecified atom stereocenters. The fourth-order valence-electron chi connectivity index (χ4n) is 4.22. The fraction of sp³-hybridized carbons (Fsp3) is 0.500. The molecule has 31 heavy (non-hydrogen) atoms. The van der Waals surface area contributed by atoms with Gasteiger partial charge in [0, 0.05) is 24.8 Å². The number of fused-ring (bicyclic) bond motifs is 2. The van der Waals surface area contributed by atoms with Crippen LogP contribution < -0.4 is 5.32 Å². The van der Waals surface area contributed by atoms with Gasteiger partial charge < -0.3 is 9.88 Å². The lowest BCUT2D eigenvalue weighted by Gasteiger charge is -2.37. The van der Waals surface area contributed by atoms with Gasteiger partial charge in [0.25, 0.3) is 0 Å². The van der Waals surface area contributed by atoms with E-state index in [1.54, 1.807) is 7.05 Å². The summed E-state index contributed by atoms with van der Waals surface area (Å²) in [5.74, 6) is 1.56. The number of imidazole rings is 1. The smallest absolute Gasteiger partial charge is 0.240 e. The molecular formula is C24H33N7. The van der Waals surface area contributed by atoms with Crippen molar-refractivity contribution < 1.29 is 0 Å². The zero-order valence-electron chi connectivity index (χ0n) is 19.5. The van der Waals surface area contributed by atoms with Gasteiger partial charge in [-0.1, -0.05) is 26.7 Å². The highest BCUT2D eigenvalue weighted by Crippen LogP contribution is 2.42. The first-order valence-electron chi connectivity index (χ1n) is 11.2. The van der Waals surface area contributed by atoms with Crippen LogP contribution in [0.15, 0.2) is 30.6 Å². The first kappa shape index (κ1) is 21.3. The maximum atomic E-state index is 4.87. The maximum Gasteiger partial charge on any atom is 0.240 e. The Balaban J connectivity index is 0.000000282. The summed E-state index contributed by atoms with van der Waals surface area (Å²) in [6, 6.07) is 6.35. The molecule has 4 aromatic rings. The average Bonchev–Trinajstić information content (AvgIpc) is 3.31. The molecule has 7 heteroatoms. The van der Waals surface area contributed by atoms with Crippen LogP contribution in [0.5, 0.6) is 0 Å². The Morgan fingerprint density at radius 1 is 1.16 bits per heavy atom. The molecule has 0 atom stereocenters. The number of hydrogen-bond donors (Lipinski definition) is 1. The van der Waals surface area contributed by atoms with Gasteiger partial charge in [0.15, 0.2) is 5.65 Å². The molecule has 0 aliphatic heterocycles. The van der Waals surface area contributed by atoms with Crippen LogP contribution in [0.25, 0.3) is 27.9 Å². The molecule has 1 aliphatic rings. The predicted octanol–water partition coefficient (Wildman–Crippen LogP) is 5.66. The van der Waals surface area contributed by atoms with Crippen molar-refractivity contribution in [1.82, 2.24) is 29.1 Å². The van der Waals surface area contributed by atoms with Crippen LogP contribution in [0.1, 0.15) is 65.2 Å². The molecule has 4 aromatic heterocycles. The summed E-state index contributed by atoms with van der Waals surface area (Å²) in [6.07, 6.45) is 9.54. The number of nitrogens with zero attached hydrogens (tertiary/aromatic N) is 6. The lowest BCUT2D eigenvalue weighted by molar-refractivity contribution is 0.155. The molecule has 164 valence electrons. The molecule has 0 aromatic carbocycles. The van der Waals surface area contributed by atoms with E-state index in [1.165, 1.54) is 25.7 Å². The van der Waals surface area contributed by atoms with E-state index in [9.17, 15) is 0 Å². The van der Waals surface area contributed by atoms with Gasteiger partial charge in [0.05, 0.1) is 17.4 Å². The van der Waals surface area contributed by atoms with Crippen LogP contribution >= 0.6 is 0 Å². The maximum absolute atomic E-state index is 4.87. The van der Waals surface area contributed by atoms with Crippen LogP contribution in [-0.2, 0) is 0 Å². The zero-order valence-corrected chi connectivity index (χ0v) is 19.5. The van der Waals surface area contributed by atoms with E-state index in [0.717, 1.165) is 39.2 Å². The predicted molar refractivity (Wildman–Crippen MR) is 126 cm³/mol. The summed E-state index contributed by atoms with van der Waals surface area (Å²) in [4.78, 5) is 13.8. The Hall–Kier alpha value is -2.96. The third-order valence-electron chi connectivity index (χ3n) is 6.56. The molecule has 7 nitrogen and oxygen atoms in total. The van der Waals surface area contributed by atoms with Crippen LogP contribution in [-0.4, -0.2) is 36.2 Å². The van der Waals surface area contributed by atoms with E-state index in [4.69, 9.17) is 4.98 Å². The molecule has 4 heterocycles. The first-order valence-corrected chi connectivity index (χ1v) is 11.2. The number of aryl methyl sites for hydroxylation is 1. The lowest BCUT2D eigenvalue weighted by atomic mass is 9.69. The molecule has 0 amide bonds. The third-order valence-corrected chi connectivity index (χ3v) is 6.56. The van der Waals surface area contributed by atoms with Crippen molar-refractivity contribution in [2.45, 2.75) is 66.3 Å². The monoisotopic (exact) mass is 419 g/mol. The number of rotatable bonds is 4. The number of pyridine rings is 1. The average molecular weight is 420 g/mol. The van der Waals surface area contributed by atoms with Crippen LogP contribution in [0, 0.1) is 12.3 Å². The fourth-order valence-corrected chi connectivity index (χ4v) is 4.22. The molecule has 0 saturated heterocycles. The van der Waals surface area contributed by atoms with Gasteiger partial charge in [-0.3, -0.25) is 0 Å². The summed E-state index contributed by atoms with van der Waals surface area (Å²) in [5, 5.41) is 7.35. The number of anilines is 1. The third kappa shape index (κ3) is 4.01. The molecule has 0 radical (unpaired) electrons. The van der Waals surface area contributed by atoms with Gasteiger partial charge >= 0.3 is 0 Å². The molecule has 5 rings (SSSR count). The lowest BCUT2D eigenvalue weighted by Crippen LogP contribution is -2.23. The van der Waals surface area contributed by atoms with Gasteiger partial charge in [-0.2, -0.15) is 0 Å². The Labute approximate surface area is 183 Å². The summed E-state index contributed by atoms with van der Waals surface area (Å²) < 4.78 is 3.97. The Kier molecular flexibility index (Phi) is 5.69. The first-order chi connectivity index (χ1) is 14.8. The second kappa shape index (κ2) is 8.29. The van der Waals surface area contributed by atoms with E-state index in [-0.39, 0.29) is 0 Å². The van der Waals surface area contributed by atoms with Gasteiger partial charge in [-0.15, -0.1) is 5.10 Å². The van der Waals surface area contributed by atoms with Crippen molar-refractivity contribution in [2.24, 2.45) is 5.41 Å². The van der Waals surface area contributed by atoms with E-state index in [0.29, 0.717) is 12.0 Å². The van der Waals surface area contributed by atoms with Crippen molar-refractivity contribution in [3.05, 3.63) is 36.4 Å². The molecule has 1 N–H and O–H groups in total. The van der Waals surface area contributed by atoms with E-state index in [2.05, 4.69) is 52.6 Å². The summed E-state index contributed by atoms with van der Waals surface area (Å²) in [6.45, 7) is 11.0. The van der Waals surface area contributed by atoms with Crippen molar-refractivity contribution >= 4 is 22.6 Å². The molecule has 0 spiro atoms. The van der Waals surface area contributed by atoms with Crippen molar-refractivity contribution in [2.75, 3.05) is 12.4 Å². The highest BCUT2D eigenvalue weighted by Gasteiger charge is 2.28. The van der Waals surface area contributed by atoms with Gasteiger partial charge in [-0.25, -0.2) is 19.5 Å². The van der Waals surface area contributed by atoms with Crippen molar-refractivity contribution in [3.63, 3.8) is 0 Å². The SMILES string of the molecule is CCC1(C)CCC1.CNc1ncc2c(-c3ccc4nc(C)n(C(C)C)c4n3)ccn2n1. The molecule has 0 bridgehead atoms. The van der Waals surface area contributed by atoms with E-state index < -0.39 is 0 Å². The Morgan fingerprint density at radius 3 is 2.52 bits per heavy atom. The molecule has 1 saturated carbocycles. The molecule has 1 aliphatic carbocycles.